The van der Waals surface area contributed by atoms with E-state index in [-0.39, 0.29) is 41.8 Å². The Bertz CT molecular complexity index is 1920. The molecule has 1 aromatic carbocycles. The lowest BCUT2D eigenvalue weighted by Gasteiger charge is -2.26. The predicted molar refractivity (Wildman–Crippen MR) is 191 cm³/mol. The van der Waals surface area contributed by atoms with Gasteiger partial charge in [-0.3, -0.25) is 24.4 Å². The minimum absolute atomic E-state index is 0.0515. The fourth-order valence-electron chi connectivity index (χ4n) is 6.93. The third-order valence-electron chi connectivity index (χ3n) is 10.4. The van der Waals surface area contributed by atoms with E-state index in [1.807, 2.05) is 32.9 Å². The normalized spacial score (nSPS) is 27.5. The molecule has 12 nitrogen and oxygen atoms in total. The van der Waals surface area contributed by atoms with Crippen LogP contribution in [0.4, 0.5) is 23.7 Å². The lowest BCUT2D eigenvalue weighted by atomic mass is 9.93. The van der Waals surface area contributed by atoms with Gasteiger partial charge in [0.25, 0.3) is 5.91 Å². The van der Waals surface area contributed by atoms with E-state index in [0.717, 1.165) is 24.2 Å². The van der Waals surface area contributed by atoms with Gasteiger partial charge in [0.2, 0.25) is 21.8 Å². The highest BCUT2D eigenvalue weighted by Crippen LogP contribution is 2.47. The number of carbonyl (C=O) groups excluding carboxylic acids is 4. The van der Waals surface area contributed by atoms with Crippen LogP contribution >= 0.6 is 11.3 Å². The molecule has 0 bridgehead atoms. The second-order valence-corrected chi connectivity index (χ2v) is 18.3. The zero-order valence-electron chi connectivity index (χ0n) is 29.9. The van der Waals surface area contributed by atoms with Crippen LogP contribution in [0.25, 0.3) is 10.6 Å². The molecule has 4 aliphatic rings. The molecular formula is C36H44F3N5O7S2. The highest BCUT2D eigenvalue weighted by molar-refractivity contribution is 7.91. The van der Waals surface area contributed by atoms with Gasteiger partial charge in [0.05, 0.1) is 34.0 Å². The van der Waals surface area contributed by atoms with E-state index in [9.17, 15) is 40.8 Å². The van der Waals surface area contributed by atoms with E-state index in [2.05, 4.69) is 20.3 Å². The van der Waals surface area contributed by atoms with Crippen molar-refractivity contribution < 1.29 is 45.5 Å². The van der Waals surface area contributed by atoms with Crippen molar-refractivity contribution in [1.29, 1.82) is 0 Å². The zero-order valence-corrected chi connectivity index (χ0v) is 31.6. The van der Waals surface area contributed by atoms with Crippen LogP contribution in [0.5, 0.6) is 0 Å². The first kappa shape index (κ1) is 38.7. The van der Waals surface area contributed by atoms with E-state index in [1.54, 1.807) is 12.4 Å². The Hall–Kier alpha value is -3.99. The average molecular weight is 780 g/mol. The third kappa shape index (κ3) is 8.55. The Balaban J connectivity index is 1.23. The van der Waals surface area contributed by atoms with Crippen LogP contribution in [-0.2, 0) is 40.7 Å². The summed E-state index contributed by atoms with van der Waals surface area (Å²) in [4.78, 5) is 60.7. The van der Waals surface area contributed by atoms with Gasteiger partial charge in [-0.05, 0) is 69.6 Å². The largest absolute Gasteiger partial charge is 0.446 e. The van der Waals surface area contributed by atoms with Crippen LogP contribution < -0.4 is 15.4 Å². The molecule has 0 radical (unpaired) electrons. The van der Waals surface area contributed by atoms with Crippen molar-refractivity contribution in [3.8, 4) is 10.6 Å². The molecular weight excluding hydrogens is 736 g/mol. The number of fused-ring (bicyclic) bond motifs is 2. The number of nitrogens with zero attached hydrogens (tertiary/aromatic N) is 2. The molecule has 4 amide bonds. The minimum atomic E-state index is -4.70. The van der Waals surface area contributed by atoms with Gasteiger partial charge >= 0.3 is 12.3 Å². The molecule has 3 saturated carbocycles. The smallest absolute Gasteiger partial charge is 0.416 e. The molecule has 53 heavy (non-hydrogen) atoms. The van der Waals surface area contributed by atoms with Crippen molar-refractivity contribution in [1.82, 2.24) is 19.9 Å². The molecule has 0 spiro atoms. The monoisotopic (exact) mass is 779 g/mol. The van der Waals surface area contributed by atoms with Gasteiger partial charge in [-0.25, -0.2) is 18.2 Å². The van der Waals surface area contributed by atoms with Crippen LogP contribution in [0.3, 0.4) is 0 Å². The highest BCUT2D eigenvalue weighted by atomic mass is 32.2. The summed E-state index contributed by atoms with van der Waals surface area (Å²) in [6.07, 6.45) is -0.0888. The first-order valence-electron chi connectivity index (χ1n) is 17.7. The van der Waals surface area contributed by atoms with Crippen LogP contribution in [0, 0.1) is 17.8 Å². The maximum absolute atomic E-state index is 14.0. The number of nitrogens with one attached hydrogen (secondary N) is 3. The van der Waals surface area contributed by atoms with Crippen molar-refractivity contribution in [3.05, 3.63) is 47.0 Å². The Morgan fingerprint density at radius 3 is 2.47 bits per heavy atom. The lowest BCUT2D eigenvalue weighted by Crippen LogP contribution is -2.54. The fourth-order valence-corrected chi connectivity index (χ4v) is 9.38. The second kappa shape index (κ2) is 14.3. The number of alkyl halides is 3. The van der Waals surface area contributed by atoms with Gasteiger partial charge in [-0.15, -0.1) is 11.3 Å². The number of hydrogen-bond donors (Lipinski definition) is 3. The van der Waals surface area contributed by atoms with Crippen molar-refractivity contribution in [2.45, 2.75) is 101 Å². The van der Waals surface area contributed by atoms with Gasteiger partial charge in [0.15, 0.2) is 0 Å². The summed E-state index contributed by atoms with van der Waals surface area (Å²) in [5, 5.41) is 6.76. The molecule has 0 saturated heterocycles. The Morgan fingerprint density at radius 2 is 1.81 bits per heavy atom. The summed E-state index contributed by atoms with van der Waals surface area (Å²) in [6.45, 7) is 6.27. The highest BCUT2D eigenvalue weighted by Gasteiger charge is 2.62. The number of ether oxygens (including phenoxy) is 1. The van der Waals surface area contributed by atoms with Gasteiger partial charge in [-0.1, -0.05) is 32.9 Å². The van der Waals surface area contributed by atoms with E-state index in [1.165, 1.54) is 22.3 Å². The Labute approximate surface area is 310 Å². The molecule has 5 atom stereocenters. The van der Waals surface area contributed by atoms with Gasteiger partial charge in [-0.2, -0.15) is 13.2 Å². The number of amides is 4. The molecule has 17 heteroatoms. The summed E-state index contributed by atoms with van der Waals surface area (Å²) >= 11 is 1.22. The maximum atomic E-state index is 14.0. The van der Waals surface area contributed by atoms with E-state index >= 15 is 0 Å². The molecule has 0 unspecified atom stereocenters. The summed E-state index contributed by atoms with van der Waals surface area (Å²) in [5.41, 5.74) is -2.04. The lowest BCUT2D eigenvalue weighted by molar-refractivity contribution is -0.140. The molecule has 3 aliphatic carbocycles. The Morgan fingerprint density at radius 1 is 1.09 bits per heavy atom. The number of aromatic nitrogens is 1. The molecule has 6 rings (SSSR count). The summed E-state index contributed by atoms with van der Waals surface area (Å²) in [6, 6.07) is 2.96. The molecule has 3 N–H and O–H groups in total. The average Bonchev–Trinajstić information content (AvgIpc) is 3.94. The summed E-state index contributed by atoms with van der Waals surface area (Å²) in [5.74, 6) is -4.30. The number of halogens is 3. The first-order valence-corrected chi connectivity index (χ1v) is 20.2. The molecule has 1 aliphatic heterocycles. The van der Waals surface area contributed by atoms with E-state index in [4.69, 9.17) is 4.74 Å². The van der Waals surface area contributed by atoms with Crippen molar-refractivity contribution in [2.75, 3.05) is 18.9 Å². The molecule has 2 heterocycles. The van der Waals surface area contributed by atoms with Crippen molar-refractivity contribution in [2.24, 2.45) is 17.8 Å². The summed E-state index contributed by atoms with van der Waals surface area (Å²) in [7, 11) is -2.29. The van der Waals surface area contributed by atoms with Crippen LogP contribution in [0.15, 0.2) is 35.7 Å². The minimum Gasteiger partial charge on any atom is -0.446 e. The number of thiazole rings is 1. The van der Waals surface area contributed by atoms with Crippen LogP contribution in [-0.4, -0.2) is 72.6 Å². The number of benzene rings is 1. The van der Waals surface area contributed by atoms with Crippen LogP contribution in [0.1, 0.15) is 83.4 Å². The molecule has 2 aromatic rings. The number of allylic oxidation sites excluding steroid dienone is 1. The third-order valence-corrected chi connectivity index (χ3v) is 13.1. The zero-order chi connectivity index (χ0) is 38.5. The standard InChI is InChI=1S/C36H44F3N5O7S2/c1-34(2,3)28-19-52-30(41-28)24-13-10-20(36(37,38)39)15-27(24)40-33(48)51-22-16-25-26(17-22)31(46)44(4)14-8-6-5-7-9-21-18-35(21,42-29(25)45)32(47)43-53(49,50)23-11-12-23/h7,9-10,13,15,19,21-23,25-26H,5-6,8,11-12,14,16-18H2,1-4H3,(H,40,48)(H,42,45)(H,43,47)/b9-7-/t21-,22+,25+,26+,35+/m0/s1. The quantitative estimate of drug-likeness (QED) is 0.312. The Kier molecular flexibility index (Phi) is 10.5. The van der Waals surface area contributed by atoms with Crippen molar-refractivity contribution >= 4 is 50.9 Å². The van der Waals surface area contributed by atoms with Crippen LogP contribution in [0.2, 0.25) is 0 Å². The predicted octanol–water partition coefficient (Wildman–Crippen LogP) is 5.75. The topological polar surface area (TPSA) is 164 Å². The first-order chi connectivity index (χ1) is 24.8. The van der Waals surface area contributed by atoms with Crippen molar-refractivity contribution in [3.63, 3.8) is 0 Å². The molecule has 3 fully saturated rings. The van der Waals surface area contributed by atoms with Gasteiger partial charge in [0, 0.05) is 35.9 Å². The maximum Gasteiger partial charge on any atom is 0.416 e. The number of carbonyl (C=O) groups is 4. The SMILES string of the molecule is CN1CCCC/C=C\[C@H]2C[C@@]2(C(=O)NS(=O)(=O)C2CC2)NC(=O)[C@@H]2C[C@@H](OC(=O)Nc3cc(C(F)(F)F)ccc3-c3nc(C(C)(C)C)cs3)C[C@H]2C1=O. The number of sulfonamides is 1. The summed E-state index contributed by atoms with van der Waals surface area (Å²) < 4.78 is 74.5. The van der Waals surface area contributed by atoms with E-state index < -0.39 is 74.3 Å². The molecule has 1 aromatic heterocycles. The number of hydrogen-bond acceptors (Lipinski definition) is 9. The van der Waals surface area contributed by atoms with Gasteiger partial charge < -0.3 is 15.0 Å². The number of anilines is 1. The second-order valence-electron chi connectivity index (χ2n) is 15.5. The molecule has 288 valence electrons. The number of rotatable bonds is 6. The van der Waals surface area contributed by atoms with Gasteiger partial charge in [0.1, 0.15) is 16.7 Å². The van der Waals surface area contributed by atoms with E-state index in [0.29, 0.717) is 37.2 Å². The fraction of sp³-hybridized carbons (Fsp3) is 0.583.